The molecule has 0 aliphatic heterocycles. The molecule has 0 rings (SSSR count). The van der Waals surface area contributed by atoms with Crippen molar-refractivity contribution in [1.82, 2.24) is 0 Å². The Kier molecular flexibility index (Phi) is 10.8. The molecule has 19 heavy (non-hydrogen) atoms. The van der Waals surface area contributed by atoms with Gasteiger partial charge >= 0.3 is 17.9 Å². The summed E-state index contributed by atoms with van der Waals surface area (Å²) in [4.78, 5) is 30.4. The fraction of sp³-hybridized carbons (Fsp3) is 0.308. The first-order valence-electron chi connectivity index (χ1n) is 5.38. The smallest absolute Gasteiger partial charge is 0.331 e. The van der Waals surface area contributed by atoms with Crippen molar-refractivity contribution >= 4 is 17.9 Å². The molecular weight excluding hydrogens is 252 g/mol. The first-order valence-corrected chi connectivity index (χ1v) is 5.38. The summed E-state index contributed by atoms with van der Waals surface area (Å²) in [6.45, 7) is 10.2. The van der Waals surface area contributed by atoms with E-state index in [0.717, 1.165) is 12.2 Å². The topological polar surface area (TPSA) is 101 Å². The molecule has 0 radical (unpaired) electrons. The second-order valence-corrected chi connectivity index (χ2v) is 3.27. The van der Waals surface area contributed by atoms with Crippen LogP contribution in [0.15, 0.2) is 37.0 Å². The molecule has 0 aliphatic rings. The summed E-state index contributed by atoms with van der Waals surface area (Å²) in [5.74, 6) is -3.03. The van der Waals surface area contributed by atoms with E-state index < -0.39 is 17.9 Å². The molecule has 0 amide bonds. The molecule has 0 aromatic carbocycles. The lowest BCUT2D eigenvalue weighted by Gasteiger charge is -2.03. The van der Waals surface area contributed by atoms with Crippen LogP contribution in [0, 0.1) is 5.92 Å². The zero-order chi connectivity index (χ0) is 15.4. The summed E-state index contributed by atoms with van der Waals surface area (Å²) < 4.78 is 4.43. The summed E-state index contributed by atoms with van der Waals surface area (Å²) in [5.41, 5.74) is -0.0208. The summed E-state index contributed by atoms with van der Waals surface area (Å²) >= 11 is 0. The quantitative estimate of drug-likeness (QED) is 0.562. The molecule has 0 spiro atoms. The van der Waals surface area contributed by atoms with Crippen molar-refractivity contribution in [2.75, 3.05) is 6.61 Å². The first-order chi connectivity index (χ1) is 8.76. The molecule has 0 bridgehead atoms. The van der Waals surface area contributed by atoms with Gasteiger partial charge in [-0.3, -0.25) is 0 Å². The van der Waals surface area contributed by atoms with Crippen LogP contribution in [0.25, 0.3) is 0 Å². The van der Waals surface area contributed by atoms with Crippen LogP contribution in [-0.2, 0) is 19.1 Å². The van der Waals surface area contributed by atoms with Gasteiger partial charge in [-0.15, -0.1) is 0 Å². The van der Waals surface area contributed by atoms with Crippen LogP contribution in [0.2, 0.25) is 0 Å². The summed E-state index contributed by atoms with van der Waals surface area (Å²) in [6, 6.07) is 0. The van der Waals surface area contributed by atoms with Crippen molar-refractivity contribution in [3.05, 3.63) is 37.0 Å². The molecule has 0 aromatic heterocycles. The standard InChI is InChI=1S/C8H10O4.C5H8O2/c1-5(3-4-7(9)10)6(2)8(11)12;1-3-5(6)7-4-2/h3-5H,2H2,1H3,(H,9,10)(H,11,12);3H,1,4H2,2H3. The summed E-state index contributed by atoms with van der Waals surface area (Å²) in [6.07, 6.45) is 3.32. The van der Waals surface area contributed by atoms with Gasteiger partial charge in [0.25, 0.3) is 0 Å². The van der Waals surface area contributed by atoms with Crippen molar-refractivity contribution in [1.29, 1.82) is 0 Å². The average molecular weight is 270 g/mol. The third-order valence-electron chi connectivity index (χ3n) is 1.81. The monoisotopic (exact) mass is 270 g/mol. The third-order valence-corrected chi connectivity index (χ3v) is 1.81. The predicted molar refractivity (Wildman–Crippen MR) is 69.5 cm³/mol. The van der Waals surface area contributed by atoms with Crippen LogP contribution in [0.3, 0.4) is 0 Å². The first kappa shape index (κ1) is 19.0. The van der Waals surface area contributed by atoms with Gasteiger partial charge in [-0.2, -0.15) is 0 Å². The van der Waals surface area contributed by atoms with Gasteiger partial charge in [0.1, 0.15) is 0 Å². The second kappa shape index (κ2) is 10.8. The molecule has 6 nitrogen and oxygen atoms in total. The van der Waals surface area contributed by atoms with Gasteiger partial charge in [0, 0.05) is 23.6 Å². The van der Waals surface area contributed by atoms with E-state index in [2.05, 4.69) is 17.9 Å². The minimum Gasteiger partial charge on any atom is -0.478 e. The lowest BCUT2D eigenvalue weighted by Crippen LogP contribution is -2.06. The Morgan fingerprint density at radius 2 is 1.84 bits per heavy atom. The van der Waals surface area contributed by atoms with Crippen LogP contribution >= 0.6 is 0 Å². The average Bonchev–Trinajstić information content (AvgIpc) is 2.35. The number of hydrogen-bond acceptors (Lipinski definition) is 4. The van der Waals surface area contributed by atoms with Gasteiger partial charge in [-0.25, -0.2) is 14.4 Å². The van der Waals surface area contributed by atoms with Gasteiger partial charge in [0.15, 0.2) is 0 Å². The third kappa shape index (κ3) is 11.9. The minimum absolute atomic E-state index is 0.0208. The molecule has 0 aliphatic carbocycles. The molecule has 1 unspecified atom stereocenters. The summed E-state index contributed by atoms with van der Waals surface area (Å²) in [5, 5.41) is 16.7. The van der Waals surface area contributed by atoms with E-state index in [1.165, 1.54) is 6.08 Å². The number of aliphatic carboxylic acids is 2. The number of hydrogen-bond donors (Lipinski definition) is 2. The predicted octanol–water partition coefficient (Wildman–Crippen LogP) is 1.64. The van der Waals surface area contributed by atoms with Crippen molar-refractivity contribution in [2.24, 2.45) is 5.92 Å². The number of allylic oxidation sites excluding steroid dienone is 1. The number of carbonyl (C=O) groups excluding carboxylic acids is 1. The highest BCUT2D eigenvalue weighted by Crippen LogP contribution is 2.09. The fourth-order valence-corrected chi connectivity index (χ4v) is 0.739. The highest BCUT2D eigenvalue weighted by Gasteiger charge is 2.10. The Hall–Kier alpha value is -2.37. The van der Waals surface area contributed by atoms with E-state index in [1.807, 2.05) is 0 Å². The van der Waals surface area contributed by atoms with E-state index in [-0.39, 0.29) is 11.5 Å². The second-order valence-electron chi connectivity index (χ2n) is 3.27. The molecule has 0 heterocycles. The zero-order valence-electron chi connectivity index (χ0n) is 11.0. The SMILES string of the molecule is C=C(C(=O)O)C(C)C=CC(=O)O.C=CC(=O)OCC. The number of carboxylic acids is 2. The van der Waals surface area contributed by atoms with Crippen LogP contribution < -0.4 is 0 Å². The maximum Gasteiger partial charge on any atom is 0.331 e. The normalized spacial score (nSPS) is 10.8. The van der Waals surface area contributed by atoms with Crippen LogP contribution in [0.4, 0.5) is 0 Å². The number of carboxylic acid groups (broad SMARTS) is 2. The lowest BCUT2D eigenvalue weighted by molar-refractivity contribution is -0.137. The molecule has 106 valence electrons. The maximum absolute atomic E-state index is 10.3. The van der Waals surface area contributed by atoms with Gasteiger partial charge in [0.2, 0.25) is 0 Å². The minimum atomic E-state index is -1.11. The number of rotatable bonds is 6. The van der Waals surface area contributed by atoms with Crippen molar-refractivity contribution < 1.29 is 29.3 Å². The van der Waals surface area contributed by atoms with Crippen LogP contribution in [-0.4, -0.2) is 34.7 Å². The molecule has 1 atom stereocenters. The summed E-state index contributed by atoms with van der Waals surface area (Å²) in [7, 11) is 0. The Bertz CT molecular complexity index is 381. The number of esters is 1. The van der Waals surface area contributed by atoms with Crippen molar-refractivity contribution in [3.8, 4) is 0 Å². The van der Waals surface area contributed by atoms with Gasteiger partial charge in [-0.1, -0.05) is 26.2 Å². The Morgan fingerprint density at radius 1 is 1.32 bits per heavy atom. The van der Waals surface area contributed by atoms with E-state index in [4.69, 9.17) is 10.2 Å². The highest BCUT2D eigenvalue weighted by atomic mass is 16.5. The van der Waals surface area contributed by atoms with Crippen molar-refractivity contribution in [2.45, 2.75) is 13.8 Å². The van der Waals surface area contributed by atoms with E-state index in [0.29, 0.717) is 6.61 Å². The van der Waals surface area contributed by atoms with Crippen LogP contribution in [0.1, 0.15) is 13.8 Å². The van der Waals surface area contributed by atoms with Crippen molar-refractivity contribution in [3.63, 3.8) is 0 Å². The van der Waals surface area contributed by atoms with E-state index >= 15 is 0 Å². The highest BCUT2D eigenvalue weighted by molar-refractivity contribution is 5.87. The number of ether oxygens (including phenoxy) is 1. The van der Waals surface area contributed by atoms with Gasteiger partial charge < -0.3 is 14.9 Å². The molecule has 6 heteroatoms. The molecule has 2 N–H and O–H groups in total. The van der Waals surface area contributed by atoms with Gasteiger partial charge in [-0.05, 0) is 6.92 Å². The Labute approximate surface area is 111 Å². The van der Waals surface area contributed by atoms with Gasteiger partial charge in [0.05, 0.1) is 6.61 Å². The lowest BCUT2D eigenvalue weighted by atomic mass is 10.0. The Morgan fingerprint density at radius 3 is 2.11 bits per heavy atom. The molecule has 0 fully saturated rings. The molecule has 0 saturated heterocycles. The zero-order valence-corrected chi connectivity index (χ0v) is 11.0. The van der Waals surface area contributed by atoms with Crippen LogP contribution in [0.5, 0.6) is 0 Å². The van der Waals surface area contributed by atoms with E-state index in [9.17, 15) is 14.4 Å². The Balaban J connectivity index is 0. The largest absolute Gasteiger partial charge is 0.478 e. The molecule has 0 saturated carbocycles. The number of carbonyl (C=O) groups is 3. The fourth-order valence-electron chi connectivity index (χ4n) is 0.739. The van der Waals surface area contributed by atoms with E-state index in [1.54, 1.807) is 13.8 Å². The maximum atomic E-state index is 10.3. The molecule has 0 aromatic rings. The molecular formula is C13H18O6.